The lowest BCUT2D eigenvalue weighted by atomic mass is 9.78. The number of hydrogen-bond donors (Lipinski definition) is 1. The molecule has 2 aliphatic rings. The van der Waals surface area contributed by atoms with Gasteiger partial charge < -0.3 is 15.1 Å². The molecule has 5 heteroatoms. The summed E-state index contributed by atoms with van der Waals surface area (Å²) in [6.45, 7) is 7.64. The first kappa shape index (κ1) is 18.7. The van der Waals surface area contributed by atoms with Gasteiger partial charge in [-0.05, 0) is 38.2 Å². The normalized spacial score (nSPS) is 22.9. The predicted octanol–water partition coefficient (Wildman–Crippen LogP) is 3.32. The summed E-state index contributed by atoms with van der Waals surface area (Å²) in [5.41, 5.74) is 2.03. The number of rotatable bonds is 5. The van der Waals surface area contributed by atoms with E-state index in [1.807, 2.05) is 15.9 Å². The first-order chi connectivity index (χ1) is 12.5. The third-order valence-corrected chi connectivity index (χ3v) is 5.73. The standard InChI is InChI=1S/C21H31N3O2/c1-3-4-11-22-20(26)24-13-10-21(16-24)9-6-12-23(19(21)25)15-18-8-5-7-17(2)14-18/h5,7-8,14H,3-4,6,9-13,15-16H2,1-2H3,(H,22,26)/t21-/m1/s1. The van der Waals surface area contributed by atoms with E-state index in [9.17, 15) is 9.59 Å². The van der Waals surface area contributed by atoms with Crippen LogP contribution < -0.4 is 5.32 Å². The molecule has 1 spiro atoms. The first-order valence-corrected chi connectivity index (χ1v) is 9.92. The van der Waals surface area contributed by atoms with Gasteiger partial charge in [-0.2, -0.15) is 0 Å². The highest BCUT2D eigenvalue weighted by atomic mass is 16.2. The maximum absolute atomic E-state index is 13.2. The van der Waals surface area contributed by atoms with Crippen molar-refractivity contribution in [1.82, 2.24) is 15.1 Å². The second-order valence-corrected chi connectivity index (χ2v) is 7.86. The van der Waals surface area contributed by atoms with Gasteiger partial charge in [-0.1, -0.05) is 43.2 Å². The molecule has 1 aromatic rings. The van der Waals surface area contributed by atoms with E-state index in [0.29, 0.717) is 26.2 Å². The van der Waals surface area contributed by atoms with E-state index in [1.165, 1.54) is 11.1 Å². The third-order valence-electron chi connectivity index (χ3n) is 5.73. The van der Waals surface area contributed by atoms with E-state index in [-0.39, 0.29) is 17.4 Å². The van der Waals surface area contributed by atoms with Crippen LogP contribution in [0.3, 0.4) is 0 Å². The third kappa shape index (κ3) is 4.02. The summed E-state index contributed by atoms with van der Waals surface area (Å²) in [6.07, 6.45) is 4.76. The Bertz CT molecular complexity index is 660. The van der Waals surface area contributed by atoms with Crippen molar-refractivity contribution in [3.8, 4) is 0 Å². The lowest BCUT2D eigenvalue weighted by molar-refractivity contribution is -0.146. The van der Waals surface area contributed by atoms with E-state index in [2.05, 4.69) is 37.4 Å². The van der Waals surface area contributed by atoms with Gasteiger partial charge in [0.2, 0.25) is 5.91 Å². The molecule has 0 aliphatic carbocycles. The Labute approximate surface area is 156 Å². The van der Waals surface area contributed by atoms with Crippen LogP contribution in [0.4, 0.5) is 4.79 Å². The second-order valence-electron chi connectivity index (χ2n) is 7.86. The van der Waals surface area contributed by atoms with Crippen molar-refractivity contribution in [3.63, 3.8) is 0 Å². The number of carbonyl (C=O) groups is 2. The van der Waals surface area contributed by atoms with Crippen LogP contribution in [-0.4, -0.2) is 47.9 Å². The fraction of sp³-hybridized carbons (Fsp3) is 0.619. The Morgan fingerprint density at radius 1 is 1.27 bits per heavy atom. The highest BCUT2D eigenvalue weighted by Crippen LogP contribution is 2.40. The van der Waals surface area contributed by atoms with Crippen LogP contribution >= 0.6 is 0 Å². The van der Waals surface area contributed by atoms with Crippen molar-refractivity contribution in [3.05, 3.63) is 35.4 Å². The zero-order chi connectivity index (χ0) is 18.6. The summed E-state index contributed by atoms with van der Waals surface area (Å²) in [7, 11) is 0. The quantitative estimate of drug-likeness (QED) is 0.822. The number of benzene rings is 1. The van der Waals surface area contributed by atoms with Gasteiger partial charge in [-0.25, -0.2) is 4.79 Å². The van der Waals surface area contributed by atoms with E-state index in [0.717, 1.165) is 38.6 Å². The molecule has 3 amide bonds. The van der Waals surface area contributed by atoms with Gasteiger partial charge in [0, 0.05) is 32.7 Å². The van der Waals surface area contributed by atoms with Crippen LogP contribution in [-0.2, 0) is 11.3 Å². The number of nitrogens with one attached hydrogen (secondary N) is 1. The van der Waals surface area contributed by atoms with Crippen LogP contribution in [0.25, 0.3) is 0 Å². The molecule has 0 saturated carbocycles. The summed E-state index contributed by atoms with van der Waals surface area (Å²) in [5, 5.41) is 2.98. The van der Waals surface area contributed by atoms with Crippen molar-refractivity contribution in [2.24, 2.45) is 5.41 Å². The van der Waals surface area contributed by atoms with Crippen LogP contribution in [0.1, 0.15) is 50.2 Å². The molecule has 0 bridgehead atoms. The van der Waals surface area contributed by atoms with E-state index >= 15 is 0 Å². The molecule has 26 heavy (non-hydrogen) atoms. The average molecular weight is 357 g/mol. The number of piperidine rings is 1. The molecular formula is C21H31N3O2. The van der Waals surface area contributed by atoms with Crippen molar-refractivity contribution >= 4 is 11.9 Å². The Hall–Kier alpha value is -2.04. The predicted molar refractivity (Wildman–Crippen MR) is 103 cm³/mol. The fourth-order valence-electron chi connectivity index (χ4n) is 4.24. The monoisotopic (exact) mass is 357 g/mol. The lowest BCUT2D eigenvalue weighted by Crippen LogP contribution is -2.50. The number of aryl methyl sites for hydroxylation is 1. The number of nitrogens with zero attached hydrogens (tertiary/aromatic N) is 2. The van der Waals surface area contributed by atoms with Crippen molar-refractivity contribution < 1.29 is 9.59 Å². The smallest absolute Gasteiger partial charge is 0.317 e. The maximum atomic E-state index is 13.2. The molecule has 2 saturated heterocycles. The number of urea groups is 1. The molecule has 1 atom stereocenters. The van der Waals surface area contributed by atoms with Gasteiger partial charge in [-0.15, -0.1) is 0 Å². The van der Waals surface area contributed by atoms with Gasteiger partial charge in [0.05, 0.1) is 5.41 Å². The molecule has 2 aliphatic heterocycles. The van der Waals surface area contributed by atoms with Gasteiger partial charge in [-0.3, -0.25) is 4.79 Å². The molecule has 0 aromatic heterocycles. The Morgan fingerprint density at radius 2 is 2.12 bits per heavy atom. The minimum atomic E-state index is -0.371. The summed E-state index contributed by atoms with van der Waals surface area (Å²) in [6, 6.07) is 8.35. The summed E-state index contributed by atoms with van der Waals surface area (Å²) >= 11 is 0. The first-order valence-electron chi connectivity index (χ1n) is 9.92. The van der Waals surface area contributed by atoms with Crippen LogP contribution in [0, 0.1) is 12.3 Å². The van der Waals surface area contributed by atoms with E-state index in [4.69, 9.17) is 0 Å². The minimum Gasteiger partial charge on any atom is -0.338 e. The maximum Gasteiger partial charge on any atom is 0.317 e. The van der Waals surface area contributed by atoms with Crippen molar-refractivity contribution in [1.29, 1.82) is 0 Å². The van der Waals surface area contributed by atoms with Crippen LogP contribution in [0.15, 0.2) is 24.3 Å². The number of unbranched alkanes of at least 4 members (excludes halogenated alkanes) is 1. The topological polar surface area (TPSA) is 52.7 Å². The minimum absolute atomic E-state index is 0.0149. The summed E-state index contributed by atoms with van der Waals surface area (Å²) < 4.78 is 0. The number of likely N-dealkylation sites (tertiary alicyclic amines) is 2. The molecule has 0 unspecified atom stereocenters. The number of carbonyl (C=O) groups excluding carboxylic acids is 2. The van der Waals surface area contributed by atoms with E-state index < -0.39 is 0 Å². The summed E-state index contributed by atoms with van der Waals surface area (Å²) in [4.78, 5) is 29.4. The number of hydrogen-bond acceptors (Lipinski definition) is 2. The molecule has 1 N–H and O–H groups in total. The van der Waals surface area contributed by atoms with Gasteiger partial charge in [0.1, 0.15) is 0 Å². The zero-order valence-corrected chi connectivity index (χ0v) is 16.1. The van der Waals surface area contributed by atoms with Crippen molar-refractivity contribution in [2.75, 3.05) is 26.2 Å². The second kappa shape index (κ2) is 8.11. The summed E-state index contributed by atoms with van der Waals surface area (Å²) in [5.74, 6) is 0.231. The molecule has 1 aromatic carbocycles. The average Bonchev–Trinajstić information content (AvgIpc) is 3.05. The molecule has 5 nitrogen and oxygen atoms in total. The largest absolute Gasteiger partial charge is 0.338 e. The lowest BCUT2D eigenvalue weighted by Gasteiger charge is -2.39. The zero-order valence-electron chi connectivity index (χ0n) is 16.1. The molecule has 142 valence electrons. The highest BCUT2D eigenvalue weighted by molar-refractivity contribution is 5.85. The Kier molecular flexibility index (Phi) is 5.84. The molecule has 3 rings (SSSR count). The molecular weight excluding hydrogens is 326 g/mol. The highest BCUT2D eigenvalue weighted by Gasteiger charge is 2.49. The van der Waals surface area contributed by atoms with E-state index in [1.54, 1.807) is 0 Å². The fourth-order valence-corrected chi connectivity index (χ4v) is 4.24. The van der Waals surface area contributed by atoms with Gasteiger partial charge >= 0.3 is 6.03 Å². The SMILES string of the molecule is CCCCNC(=O)N1CC[C@]2(CCCN(Cc3cccc(C)c3)C2=O)C1. The van der Waals surface area contributed by atoms with Crippen LogP contribution in [0.2, 0.25) is 0 Å². The molecule has 2 fully saturated rings. The van der Waals surface area contributed by atoms with Crippen LogP contribution in [0.5, 0.6) is 0 Å². The Balaban J connectivity index is 1.63. The molecule has 0 radical (unpaired) electrons. The van der Waals surface area contributed by atoms with Crippen molar-refractivity contribution in [2.45, 2.75) is 52.5 Å². The van der Waals surface area contributed by atoms with Gasteiger partial charge in [0.15, 0.2) is 0 Å². The Morgan fingerprint density at radius 3 is 2.88 bits per heavy atom. The molecule has 2 heterocycles. The van der Waals surface area contributed by atoms with Gasteiger partial charge in [0.25, 0.3) is 0 Å². The number of amides is 3.